The molecule has 0 spiro atoms. The highest BCUT2D eigenvalue weighted by molar-refractivity contribution is 5.29. The first-order chi connectivity index (χ1) is 8.33. The largest absolute Gasteiger partial charge is 0.497 e. The first kappa shape index (κ1) is 12.4. The smallest absolute Gasteiger partial charge is 0.119 e. The lowest BCUT2D eigenvalue weighted by Gasteiger charge is -2.35. The van der Waals surface area contributed by atoms with Gasteiger partial charge in [-0.05, 0) is 50.0 Å². The second-order valence-electron chi connectivity index (χ2n) is 4.83. The van der Waals surface area contributed by atoms with Crippen LogP contribution in [0.4, 0.5) is 0 Å². The molecule has 1 aliphatic rings. The van der Waals surface area contributed by atoms with Crippen molar-refractivity contribution in [3.05, 3.63) is 29.8 Å². The third-order valence-electron chi connectivity index (χ3n) is 3.76. The number of piperidine rings is 1. The van der Waals surface area contributed by atoms with Gasteiger partial charge in [0.1, 0.15) is 5.75 Å². The molecular formula is C15H23NO. The number of hydrogen-bond acceptors (Lipinski definition) is 2. The van der Waals surface area contributed by atoms with E-state index in [4.69, 9.17) is 4.74 Å². The minimum atomic E-state index is 0.723. The molecule has 1 saturated heterocycles. The molecule has 17 heavy (non-hydrogen) atoms. The van der Waals surface area contributed by atoms with E-state index in [2.05, 4.69) is 30.0 Å². The molecule has 1 atom stereocenters. The van der Waals surface area contributed by atoms with Gasteiger partial charge in [0.15, 0.2) is 0 Å². The van der Waals surface area contributed by atoms with Crippen molar-refractivity contribution in [2.45, 2.75) is 38.6 Å². The Bertz CT molecular complexity index is 351. The summed E-state index contributed by atoms with van der Waals surface area (Å²) in [5.41, 5.74) is 1.40. The summed E-state index contributed by atoms with van der Waals surface area (Å²) in [7, 11) is 1.73. The highest BCUT2D eigenvalue weighted by atomic mass is 16.5. The topological polar surface area (TPSA) is 12.5 Å². The maximum atomic E-state index is 5.28. The Hall–Kier alpha value is -1.02. The third kappa shape index (κ3) is 3.22. The van der Waals surface area contributed by atoms with Gasteiger partial charge in [0.05, 0.1) is 7.11 Å². The first-order valence-corrected chi connectivity index (χ1v) is 6.70. The molecule has 1 aromatic rings. The fourth-order valence-electron chi connectivity index (χ4n) is 2.78. The van der Waals surface area contributed by atoms with Crippen molar-refractivity contribution in [3.63, 3.8) is 0 Å². The summed E-state index contributed by atoms with van der Waals surface area (Å²) in [5, 5.41) is 0. The molecule has 1 unspecified atom stereocenters. The van der Waals surface area contributed by atoms with Crippen LogP contribution in [-0.2, 0) is 6.42 Å². The van der Waals surface area contributed by atoms with Crippen LogP contribution in [0.25, 0.3) is 0 Å². The van der Waals surface area contributed by atoms with Crippen LogP contribution in [0.2, 0.25) is 0 Å². The summed E-state index contributed by atoms with van der Waals surface area (Å²) in [6.45, 7) is 4.71. The van der Waals surface area contributed by atoms with Gasteiger partial charge in [-0.3, -0.25) is 0 Å². The molecule has 94 valence electrons. The SMILES string of the molecule is CCN1CCCCC1Cc1cccc(OC)c1. The second-order valence-corrected chi connectivity index (χ2v) is 4.83. The van der Waals surface area contributed by atoms with Crippen LogP contribution < -0.4 is 4.74 Å². The van der Waals surface area contributed by atoms with Crippen LogP contribution in [-0.4, -0.2) is 31.1 Å². The minimum absolute atomic E-state index is 0.723. The summed E-state index contributed by atoms with van der Waals surface area (Å²) in [5.74, 6) is 0.973. The molecule has 1 heterocycles. The molecular weight excluding hydrogens is 210 g/mol. The molecule has 0 aromatic heterocycles. The standard InChI is InChI=1S/C15H23NO/c1-3-16-10-5-4-8-14(16)11-13-7-6-9-15(12-13)17-2/h6-7,9,12,14H,3-5,8,10-11H2,1-2H3. The summed E-state index contributed by atoms with van der Waals surface area (Å²) in [4.78, 5) is 2.61. The molecule has 2 heteroatoms. The van der Waals surface area contributed by atoms with E-state index in [0.29, 0.717) is 0 Å². The van der Waals surface area contributed by atoms with E-state index >= 15 is 0 Å². The monoisotopic (exact) mass is 233 g/mol. The lowest BCUT2D eigenvalue weighted by Crippen LogP contribution is -2.40. The molecule has 0 amide bonds. The first-order valence-electron chi connectivity index (χ1n) is 6.70. The molecule has 1 aliphatic heterocycles. The van der Waals surface area contributed by atoms with Crippen LogP contribution in [0.1, 0.15) is 31.7 Å². The molecule has 0 N–H and O–H groups in total. The number of nitrogens with zero attached hydrogens (tertiary/aromatic N) is 1. The van der Waals surface area contributed by atoms with Crippen molar-refractivity contribution in [2.75, 3.05) is 20.2 Å². The Balaban J connectivity index is 2.02. The number of likely N-dealkylation sites (N-methyl/N-ethyl adjacent to an activating group) is 1. The van der Waals surface area contributed by atoms with E-state index < -0.39 is 0 Å². The number of rotatable bonds is 4. The molecule has 2 nitrogen and oxygen atoms in total. The summed E-state index contributed by atoms with van der Waals surface area (Å²) >= 11 is 0. The van der Waals surface area contributed by atoms with E-state index in [-0.39, 0.29) is 0 Å². The van der Waals surface area contributed by atoms with Gasteiger partial charge in [-0.25, -0.2) is 0 Å². The Kier molecular flexibility index (Phi) is 4.43. The quantitative estimate of drug-likeness (QED) is 0.792. The molecule has 2 rings (SSSR count). The zero-order valence-corrected chi connectivity index (χ0v) is 11.0. The summed E-state index contributed by atoms with van der Waals surface area (Å²) in [6.07, 6.45) is 5.24. The Morgan fingerprint density at radius 2 is 2.24 bits per heavy atom. The lowest BCUT2D eigenvalue weighted by atomic mass is 9.95. The van der Waals surface area contributed by atoms with Gasteiger partial charge < -0.3 is 9.64 Å². The predicted molar refractivity (Wildman–Crippen MR) is 71.6 cm³/mol. The van der Waals surface area contributed by atoms with E-state index in [0.717, 1.165) is 18.2 Å². The van der Waals surface area contributed by atoms with Gasteiger partial charge in [0.25, 0.3) is 0 Å². The lowest BCUT2D eigenvalue weighted by molar-refractivity contribution is 0.155. The maximum Gasteiger partial charge on any atom is 0.119 e. The van der Waals surface area contributed by atoms with E-state index in [1.807, 2.05) is 6.07 Å². The summed E-state index contributed by atoms with van der Waals surface area (Å²) in [6, 6.07) is 9.21. The maximum absolute atomic E-state index is 5.28. The van der Waals surface area contributed by atoms with Crippen molar-refractivity contribution >= 4 is 0 Å². The van der Waals surface area contributed by atoms with Gasteiger partial charge in [0, 0.05) is 6.04 Å². The molecule has 0 radical (unpaired) electrons. The van der Waals surface area contributed by atoms with Gasteiger partial charge in [-0.15, -0.1) is 0 Å². The normalized spacial score (nSPS) is 21.4. The van der Waals surface area contributed by atoms with Crippen LogP contribution in [0.5, 0.6) is 5.75 Å². The highest BCUT2D eigenvalue weighted by Gasteiger charge is 2.20. The van der Waals surface area contributed by atoms with Crippen molar-refractivity contribution in [3.8, 4) is 5.75 Å². The van der Waals surface area contributed by atoms with Gasteiger partial charge in [0.2, 0.25) is 0 Å². The highest BCUT2D eigenvalue weighted by Crippen LogP contribution is 2.22. The minimum Gasteiger partial charge on any atom is -0.497 e. The fourth-order valence-corrected chi connectivity index (χ4v) is 2.78. The number of ether oxygens (including phenoxy) is 1. The van der Waals surface area contributed by atoms with Crippen LogP contribution in [0, 0.1) is 0 Å². The number of methoxy groups -OCH3 is 1. The Morgan fingerprint density at radius 3 is 3.00 bits per heavy atom. The summed E-state index contributed by atoms with van der Waals surface area (Å²) < 4.78 is 5.28. The van der Waals surface area contributed by atoms with Crippen molar-refractivity contribution in [2.24, 2.45) is 0 Å². The van der Waals surface area contributed by atoms with Crippen LogP contribution >= 0.6 is 0 Å². The molecule has 0 aliphatic carbocycles. The fraction of sp³-hybridized carbons (Fsp3) is 0.600. The van der Waals surface area contributed by atoms with Crippen molar-refractivity contribution in [1.82, 2.24) is 4.90 Å². The molecule has 0 saturated carbocycles. The van der Waals surface area contributed by atoms with E-state index in [9.17, 15) is 0 Å². The van der Waals surface area contributed by atoms with Gasteiger partial charge in [-0.2, -0.15) is 0 Å². The van der Waals surface area contributed by atoms with Crippen LogP contribution in [0.15, 0.2) is 24.3 Å². The van der Waals surface area contributed by atoms with E-state index in [1.54, 1.807) is 7.11 Å². The van der Waals surface area contributed by atoms with Crippen molar-refractivity contribution in [1.29, 1.82) is 0 Å². The van der Waals surface area contributed by atoms with Gasteiger partial charge in [-0.1, -0.05) is 25.5 Å². The second kappa shape index (κ2) is 6.06. The van der Waals surface area contributed by atoms with Crippen molar-refractivity contribution < 1.29 is 4.74 Å². The molecule has 0 bridgehead atoms. The predicted octanol–water partition coefficient (Wildman–Crippen LogP) is 3.11. The zero-order valence-electron chi connectivity index (χ0n) is 11.0. The Morgan fingerprint density at radius 1 is 1.35 bits per heavy atom. The Labute approximate surface area is 105 Å². The average molecular weight is 233 g/mol. The van der Waals surface area contributed by atoms with E-state index in [1.165, 1.54) is 37.9 Å². The van der Waals surface area contributed by atoms with Gasteiger partial charge >= 0.3 is 0 Å². The van der Waals surface area contributed by atoms with Crippen LogP contribution in [0.3, 0.4) is 0 Å². The molecule has 1 aromatic carbocycles. The number of likely N-dealkylation sites (tertiary alicyclic amines) is 1. The third-order valence-corrected chi connectivity index (χ3v) is 3.76. The number of benzene rings is 1. The molecule has 1 fully saturated rings. The number of hydrogen-bond donors (Lipinski definition) is 0. The zero-order chi connectivity index (χ0) is 12.1. The average Bonchev–Trinajstić information content (AvgIpc) is 2.39.